The van der Waals surface area contributed by atoms with Crippen LogP contribution in [0.1, 0.15) is 6.92 Å². The number of carbonyl (C=O) groups excluding carboxylic acids is 1. The summed E-state index contributed by atoms with van der Waals surface area (Å²) in [6.07, 6.45) is 0. The van der Waals surface area contributed by atoms with Crippen molar-refractivity contribution in [3.8, 4) is 5.69 Å². The topological polar surface area (TPSA) is 61.2 Å². The third-order valence-corrected chi connectivity index (χ3v) is 5.18. The van der Waals surface area contributed by atoms with E-state index in [-0.39, 0.29) is 17.3 Å². The lowest BCUT2D eigenvalue weighted by atomic mass is 10.2. The lowest BCUT2D eigenvalue weighted by molar-refractivity contribution is -0.139. The Morgan fingerprint density at radius 1 is 1.19 bits per heavy atom. The normalized spacial score (nSPS) is 10.9. The lowest BCUT2D eigenvalue weighted by Crippen LogP contribution is -2.22. The van der Waals surface area contributed by atoms with Crippen LogP contribution < -0.4 is 5.56 Å². The average molecular weight is 409 g/mol. The molecule has 3 rings (SSSR count). The van der Waals surface area contributed by atoms with E-state index in [2.05, 4.69) is 4.98 Å². The predicted molar refractivity (Wildman–Crippen MR) is 105 cm³/mol. The van der Waals surface area contributed by atoms with Gasteiger partial charge in [0.25, 0.3) is 5.56 Å². The highest BCUT2D eigenvalue weighted by molar-refractivity contribution is 7.99. The molecule has 8 heteroatoms. The summed E-state index contributed by atoms with van der Waals surface area (Å²) in [6, 6.07) is 11.9. The lowest BCUT2D eigenvalue weighted by Gasteiger charge is -2.13. The van der Waals surface area contributed by atoms with Crippen LogP contribution in [0.3, 0.4) is 0 Å². The molecule has 1 aromatic heterocycles. The molecule has 0 spiro atoms. The van der Waals surface area contributed by atoms with Gasteiger partial charge < -0.3 is 4.74 Å². The Labute approximate surface area is 163 Å². The SMILES string of the molecule is CCOC(=O)CSc1nc2ccccc2c(=O)n1-c1ccc(Cl)c(Cl)c1. The first kappa shape index (κ1) is 18.8. The van der Waals surface area contributed by atoms with Crippen LogP contribution in [0.5, 0.6) is 0 Å². The van der Waals surface area contributed by atoms with E-state index in [4.69, 9.17) is 27.9 Å². The monoisotopic (exact) mass is 408 g/mol. The zero-order chi connectivity index (χ0) is 18.7. The van der Waals surface area contributed by atoms with Gasteiger partial charge in [-0.15, -0.1) is 0 Å². The summed E-state index contributed by atoms with van der Waals surface area (Å²) in [5.74, 6) is -0.333. The van der Waals surface area contributed by atoms with Gasteiger partial charge in [0.2, 0.25) is 0 Å². The molecular weight excluding hydrogens is 395 g/mol. The number of hydrogen-bond acceptors (Lipinski definition) is 5. The van der Waals surface area contributed by atoms with Gasteiger partial charge in [-0.1, -0.05) is 47.1 Å². The van der Waals surface area contributed by atoms with Crippen LogP contribution >= 0.6 is 35.0 Å². The molecule has 1 heterocycles. The second-order valence-corrected chi connectivity index (χ2v) is 7.00. The Hall–Kier alpha value is -2.02. The maximum atomic E-state index is 13.0. The van der Waals surface area contributed by atoms with Gasteiger partial charge in [-0.25, -0.2) is 4.98 Å². The van der Waals surface area contributed by atoms with E-state index in [1.54, 1.807) is 49.4 Å². The number of ether oxygens (including phenoxy) is 1. The quantitative estimate of drug-likeness (QED) is 0.356. The number of nitrogens with zero attached hydrogens (tertiary/aromatic N) is 2. The number of halogens is 2. The molecule has 0 aliphatic carbocycles. The van der Waals surface area contributed by atoms with Crippen molar-refractivity contribution in [1.82, 2.24) is 9.55 Å². The Balaban J connectivity index is 2.15. The fourth-order valence-electron chi connectivity index (χ4n) is 2.39. The van der Waals surface area contributed by atoms with Gasteiger partial charge in [-0.3, -0.25) is 14.2 Å². The number of esters is 1. The minimum atomic E-state index is -0.374. The van der Waals surface area contributed by atoms with Gasteiger partial charge in [0.15, 0.2) is 5.16 Å². The maximum Gasteiger partial charge on any atom is 0.316 e. The largest absolute Gasteiger partial charge is 0.465 e. The number of thioether (sulfide) groups is 1. The summed E-state index contributed by atoms with van der Waals surface area (Å²) in [5, 5.41) is 1.56. The molecule has 5 nitrogen and oxygen atoms in total. The second-order valence-electron chi connectivity index (χ2n) is 5.24. The number of fused-ring (bicyclic) bond motifs is 1. The second kappa shape index (κ2) is 8.12. The van der Waals surface area contributed by atoms with E-state index in [0.717, 1.165) is 11.8 Å². The highest BCUT2D eigenvalue weighted by Crippen LogP contribution is 2.27. The van der Waals surface area contributed by atoms with E-state index in [9.17, 15) is 9.59 Å². The number of para-hydroxylation sites is 1. The molecule has 0 radical (unpaired) electrons. The van der Waals surface area contributed by atoms with Crippen molar-refractivity contribution in [1.29, 1.82) is 0 Å². The van der Waals surface area contributed by atoms with Crippen molar-refractivity contribution in [2.24, 2.45) is 0 Å². The molecule has 3 aromatic rings. The number of hydrogen-bond donors (Lipinski definition) is 0. The van der Waals surface area contributed by atoms with Gasteiger partial charge >= 0.3 is 5.97 Å². The van der Waals surface area contributed by atoms with E-state index < -0.39 is 0 Å². The average Bonchev–Trinajstić information content (AvgIpc) is 2.63. The van der Waals surface area contributed by atoms with Crippen LogP contribution in [-0.2, 0) is 9.53 Å². The van der Waals surface area contributed by atoms with Crippen LogP contribution in [0.15, 0.2) is 52.4 Å². The number of benzene rings is 2. The molecular formula is C18H14Cl2N2O3S. The fraction of sp³-hybridized carbons (Fsp3) is 0.167. The van der Waals surface area contributed by atoms with Crippen LogP contribution in [0.2, 0.25) is 10.0 Å². The molecule has 26 heavy (non-hydrogen) atoms. The van der Waals surface area contributed by atoms with Crippen LogP contribution in [0, 0.1) is 0 Å². The molecule has 0 amide bonds. The van der Waals surface area contributed by atoms with Crippen molar-refractivity contribution in [3.05, 3.63) is 62.9 Å². The van der Waals surface area contributed by atoms with Crippen molar-refractivity contribution in [2.45, 2.75) is 12.1 Å². The van der Waals surface area contributed by atoms with E-state index in [0.29, 0.717) is 38.4 Å². The van der Waals surface area contributed by atoms with Gasteiger partial charge in [0, 0.05) is 0 Å². The Morgan fingerprint density at radius 3 is 2.69 bits per heavy atom. The van der Waals surface area contributed by atoms with Crippen molar-refractivity contribution in [2.75, 3.05) is 12.4 Å². The Bertz CT molecular complexity index is 1040. The van der Waals surface area contributed by atoms with Crippen LogP contribution in [0.4, 0.5) is 0 Å². The minimum absolute atomic E-state index is 0.0416. The van der Waals surface area contributed by atoms with Gasteiger partial charge in [-0.05, 0) is 37.3 Å². The molecule has 0 aliphatic heterocycles. The molecule has 0 fully saturated rings. The molecule has 0 bridgehead atoms. The van der Waals surface area contributed by atoms with Crippen LogP contribution in [-0.4, -0.2) is 27.9 Å². The third-order valence-electron chi connectivity index (χ3n) is 3.53. The zero-order valence-corrected chi connectivity index (χ0v) is 16.1. The standard InChI is InChI=1S/C18H14Cl2N2O3S/c1-2-25-16(23)10-26-18-21-15-6-4-3-5-12(15)17(24)22(18)11-7-8-13(19)14(20)9-11/h3-9H,2,10H2,1H3. The summed E-state index contributed by atoms with van der Waals surface area (Å²) in [4.78, 5) is 29.3. The summed E-state index contributed by atoms with van der Waals surface area (Å²) in [5.41, 5.74) is 0.828. The summed E-state index contributed by atoms with van der Waals surface area (Å²) < 4.78 is 6.37. The minimum Gasteiger partial charge on any atom is -0.465 e. The maximum absolute atomic E-state index is 13.0. The first-order chi connectivity index (χ1) is 12.5. The fourth-order valence-corrected chi connectivity index (χ4v) is 3.49. The summed E-state index contributed by atoms with van der Waals surface area (Å²) in [7, 11) is 0. The van der Waals surface area contributed by atoms with Crippen LogP contribution in [0.25, 0.3) is 16.6 Å². The predicted octanol–water partition coefficient (Wildman–Crippen LogP) is 4.35. The molecule has 0 saturated carbocycles. The molecule has 0 atom stereocenters. The summed E-state index contributed by atoms with van der Waals surface area (Å²) in [6.45, 7) is 2.03. The van der Waals surface area contributed by atoms with Gasteiger partial charge in [-0.2, -0.15) is 0 Å². The van der Waals surface area contributed by atoms with Gasteiger partial charge in [0.1, 0.15) is 0 Å². The number of carbonyl (C=O) groups is 1. The van der Waals surface area contributed by atoms with Gasteiger partial charge in [0.05, 0.1) is 39.0 Å². The molecule has 0 aliphatic rings. The highest BCUT2D eigenvalue weighted by atomic mass is 35.5. The highest BCUT2D eigenvalue weighted by Gasteiger charge is 2.15. The molecule has 0 unspecified atom stereocenters. The number of aromatic nitrogens is 2. The molecule has 134 valence electrons. The first-order valence-corrected chi connectivity index (χ1v) is 9.51. The Morgan fingerprint density at radius 2 is 1.96 bits per heavy atom. The molecule has 0 saturated heterocycles. The van der Waals surface area contributed by atoms with E-state index in [1.807, 2.05) is 0 Å². The van der Waals surface area contributed by atoms with E-state index in [1.165, 1.54) is 4.57 Å². The zero-order valence-electron chi connectivity index (χ0n) is 13.7. The molecule has 2 aromatic carbocycles. The van der Waals surface area contributed by atoms with Crippen molar-refractivity contribution in [3.63, 3.8) is 0 Å². The number of rotatable bonds is 5. The molecule has 0 N–H and O–H groups in total. The smallest absolute Gasteiger partial charge is 0.316 e. The van der Waals surface area contributed by atoms with Crippen molar-refractivity contribution < 1.29 is 9.53 Å². The first-order valence-electron chi connectivity index (χ1n) is 7.77. The third kappa shape index (κ3) is 3.87. The van der Waals surface area contributed by atoms with E-state index >= 15 is 0 Å². The van der Waals surface area contributed by atoms with Crippen molar-refractivity contribution >= 4 is 51.8 Å². The Kier molecular flexibility index (Phi) is 5.86. The summed E-state index contributed by atoms with van der Waals surface area (Å²) >= 11 is 13.2.